The van der Waals surface area contributed by atoms with Crippen molar-refractivity contribution in [3.05, 3.63) is 35.9 Å². The molecule has 1 aromatic rings. The quantitative estimate of drug-likeness (QED) is 0.474. The third-order valence-electron chi connectivity index (χ3n) is 2.97. The van der Waals surface area contributed by atoms with Crippen LogP contribution < -0.4 is 0 Å². The van der Waals surface area contributed by atoms with Gasteiger partial charge in [0.15, 0.2) is 0 Å². The zero-order chi connectivity index (χ0) is 13.3. The van der Waals surface area contributed by atoms with Crippen molar-refractivity contribution in [3.8, 4) is 11.8 Å². The first-order chi connectivity index (χ1) is 9.36. The van der Waals surface area contributed by atoms with Gasteiger partial charge < -0.3 is 9.47 Å². The highest BCUT2D eigenvalue weighted by Gasteiger charge is 2.22. The number of carbonyl (C=O) groups excluding carboxylic acids is 1. The van der Waals surface area contributed by atoms with E-state index in [1.807, 2.05) is 30.3 Å². The van der Waals surface area contributed by atoms with E-state index in [0.29, 0.717) is 19.6 Å². The molecule has 0 amide bonds. The first kappa shape index (κ1) is 13.6. The van der Waals surface area contributed by atoms with Crippen LogP contribution in [-0.4, -0.2) is 25.8 Å². The smallest absolute Gasteiger partial charge is 0.311 e. The SMILES string of the molecule is O=C(OCCC#Cc1ccccc1)[C@H]1CCCOC1. The first-order valence-corrected chi connectivity index (χ1v) is 6.64. The van der Waals surface area contributed by atoms with Crippen LogP contribution in [0.5, 0.6) is 0 Å². The van der Waals surface area contributed by atoms with Gasteiger partial charge >= 0.3 is 5.97 Å². The lowest BCUT2D eigenvalue weighted by Crippen LogP contribution is -2.27. The second kappa shape index (κ2) is 7.60. The van der Waals surface area contributed by atoms with Gasteiger partial charge in [-0.05, 0) is 25.0 Å². The summed E-state index contributed by atoms with van der Waals surface area (Å²) in [6.07, 6.45) is 2.37. The van der Waals surface area contributed by atoms with E-state index in [0.717, 1.165) is 25.0 Å². The van der Waals surface area contributed by atoms with Gasteiger partial charge in [-0.15, -0.1) is 0 Å². The van der Waals surface area contributed by atoms with E-state index >= 15 is 0 Å². The average Bonchev–Trinajstić information content (AvgIpc) is 2.49. The Balaban J connectivity index is 1.66. The maximum absolute atomic E-state index is 11.7. The normalized spacial score (nSPS) is 18.2. The van der Waals surface area contributed by atoms with Gasteiger partial charge in [-0.25, -0.2) is 0 Å². The van der Waals surface area contributed by atoms with E-state index in [-0.39, 0.29) is 11.9 Å². The zero-order valence-electron chi connectivity index (χ0n) is 10.9. The molecule has 0 aliphatic carbocycles. The van der Waals surface area contributed by atoms with Crippen molar-refractivity contribution < 1.29 is 14.3 Å². The highest BCUT2D eigenvalue weighted by Crippen LogP contribution is 2.14. The van der Waals surface area contributed by atoms with Gasteiger partial charge in [-0.2, -0.15) is 0 Å². The number of hydrogen-bond donors (Lipinski definition) is 0. The molecule has 2 rings (SSSR count). The van der Waals surface area contributed by atoms with Crippen LogP contribution in [0.25, 0.3) is 0 Å². The van der Waals surface area contributed by atoms with Gasteiger partial charge in [0.1, 0.15) is 6.61 Å². The summed E-state index contributed by atoms with van der Waals surface area (Å²) in [5, 5.41) is 0. The Morgan fingerprint density at radius 2 is 2.21 bits per heavy atom. The summed E-state index contributed by atoms with van der Waals surface area (Å²) >= 11 is 0. The van der Waals surface area contributed by atoms with Gasteiger partial charge in [0, 0.05) is 18.6 Å². The molecular formula is C16H18O3. The van der Waals surface area contributed by atoms with Crippen molar-refractivity contribution in [3.63, 3.8) is 0 Å². The van der Waals surface area contributed by atoms with E-state index in [1.54, 1.807) is 0 Å². The maximum atomic E-state index is 11.7. The minimum atomic E-state index is -0.152. The van der Waals surface area contributed by atoms with Crippen molar-refractivity contribution in [1.82, 2.24) is 0 Å². The largest absolute Gasteiger partial charge is 0.464 e. The Bertz CT molecular complexity index is 450. The van der Waals surface area contributed by atoms with Gasteiger partial charge in [0.2, 0.25) is 0 Å². The highest BCUT2D eigenvalue weighted by molar-refractivity contribution is 5.72. The van der Waals surface area contributed by atoms with E-state index < -0.39 is 0 Å². The fourth-order valence-electron chi connectivity index (χ4n) is 1.93. The molecule has 1 aliphatic rings. The van der Waals surface area contributed by atoms with Crippen LogP contribution in [0.4, 0.5) is 0 Å². The van der Waals surface area contributed by atoms with Gasteiger partial charge in [0.05, 0.1) is 12.5 Å². The molecule has 0 spiro atoms. The molecule has 100 valence electrons. The van der Waals surface area contributed by atoms with Crippen molar-refractivity contribution in [2.24, 2.45) is 5.92 Å². The summed E-state index contributed by atoms with van der Waals surface area (Å²) in [5.41, 5.74) is 0.981. The first-order valence-electron chi connectivity index (χ1n) is 6.64. The summed E-state index contributed by atoms with van der Waals surface area (Å²) in [7, 11) is 0. The van der Waals surface area contributed by atoms with Crippen LogP contribution in [0.2, 0.25) is 0 Å². The van der Waals surface area contributed by atoms with Crippen LogP contribution in [0.15, 0.2) is 30.3 Å². The predicted molar refractivity (Wildman–Crippen MR) is 72.4 cm³/mol. The van der Waals surface area contributed by atoms with Gasteiger partial charge in [-0.3, -0.25) is 4.79 Å². The van der Waals surface area contributed by atoms with Gasteiger partial charge in [0.25, 0.3) is 0 Å². The minimum Gasteiger partial charge on any atom is -0.464 e. The van der Waals surface area contributed by atoms with E-state index in [9.17, 15) is 4.79 Å². The molecule has 0 aromatic heterocycles. The molecule has 3 nitrogen and oxygen atoms in total. The summed E-state index contributed by atoms with van der Waals surface area (Å²) in [6, 6.07) is 9.77. The van der Waals surface area contributed by atoms with Gasteiger partial charge in [-0.1, -0.05) is 30.0 Å². The molecule has 1 atom stereocenters. The third-order valence-corrected chi connectivity index (χ3v) is 2.97. The lowest BCUT2D eigenvalue weighted by molar-refractivity contribution is -0.152. The second-order valence-corrected chi connectivity index (χ2v) is 4.50. The molecule has 1 saturated heterocycles. The number of ether oxygens (including phenoxy) is 2. The van der Waals surface area contributed by atoms with E-state index in [1.165, 1.54) is 0 Å². The molecule has 1 fully saturated rings. The number of rotatable bonds is 3. The molecule has 19 heavy (non-hydrogen) atoms. The molecule has 3 heteroatoms. The predicted octanol–water partition coefficient (Wildman–Crippen LogP) is 2.40. The molecular weight excluding hydrogens is 240 g/mol. The number of hydrogen-bond acceptors (Lipinski definition) is 3. The zero-order valence-corrected chi connectivity index (χ0v) is 10.9. The molecule has 0 bridgehead atoms. The summed E-state index contributed by atoms with van der Waals surface area (Å²) in [4.78, 5) is 11.7. The van der Waals surface area contributed by atoms with Crippen molar-refractivity contribution >= 4 is 5.97 Å². The molecule has 0 radical (unpaired) electrons. The average molecular weight is 258 g/mol. The fourth-order valence-corrected chi connectivity index (χ4v) is 1.93. The number of carbonyl (C=O) groups is 1. The van der Waals surface area contributed by atoms with Crippen LogP contribution in [0.3, 0.4) is 0 Å². The Kier molecular flexibility index (Phi) is 5.46. The summed E-state index contributed by atoms with van der Waals surface area (Å²) < 4.78 is 10.5. The summed E-state index contributed by atoms with van der Waals surface area (Å²) in [6.45, 7) is 1.61. The van der Waals surface area contributed by atoms with E-state index in [4.69, 9.17) is 9.47 Å². The monoisotopic (exact) mass is 258 g/mol. The Hall–Kier alpha value is -1.79. The Morgan fingerprint density at radius 3 is 2.95 bits per heavy atom. The van der Waals surface area contributed by atoms with Crippen LogP contribution >= 0.6 is 0 Å². The molecule has 0 N–H and O–H groups in total. The van der Waals surface area contributed by atoms with E-state index in [2.05, 4.69) is 11.8 Å². The van der Waals surface area contributed by atoms with Crippen molar-refractivity contribution in [2.75, 3.05) is 19.8 Å². The highest BCUT2D eigenvalue weighted by atomic mass is 16.5. The maximum Gasteiger partial charge on any atom is 0.311 e. The topological polar surface area (TPSA) is 35.5 Å². The molecule has 0 unspecified atom stereocenters. The molecule has 1 heterocycles. The Labute approximate surface area is 113 Å². The number of benzene rings is 1. The molecule has 1 aromatic carbocycles. The molecule has 0 saturated carbocycles. The van der Waals surface area contributed by atoms with Crippen LogP contribution in [-0.2, 0) is 14.3 Å². The fraction of sp³-hybridized carbons (Fsp3) is 0.438. The lowest BCUT2D eigenvalue weighted by Gasteiger charge is -2.20. The number of esters is 1. The van der Waals surface area contributed by atoms with Crippen molar-refractivity contribution in [1.29, 1.82) is 0 Å². The standard InChI is InChI=1S/C16H18O3/c17-16(15-10-6-11-18-13-15)19-12-5-4-9-14-7-2-1-3-8-14/h1-3,7-8,15H,5-6,10-13H2/t15-/m0/s1. The molecule has 1 aliphatic heterocycles. The third kappa shape index (κ3) is 4.76. The Morgan fingerprint density at radius 1 is 1.37 bits per heavy atom. The minimum absolute atomic E-state index is 0.0872. The van der Waals surface area contributed by atoms with Crippen molar-refractivity contribution in [2.45, 2.75) is 19.3 Å². The second-order valence-electron chi connectivity index (χ2n) is 4.50. The van der Waals surface area contributed by atoms with Crippen LogP contribution in [0, 0.1) is 17.8 Å². The van der Waals surface area contributed by atoms with Crippen LogP contribution in [0.1, 0.15) is 24.8 Å². The lowest BCUT2D eigenvalue weighted by atomic mass is 10.0. The summed E-state index contributed by atoms with van der Waals surface area (Å²) in [5.74, 6) is 5.79.